The van der Waals surface area contributed by atoms with Gasteiger partial charge in [-0.05, 0) is 12.5 Å². The highest BCUT2D eigenvalue weighted by atomic mass is 35.6. The number of unbranched alkanes of at least 4 members (excludes halogenated alkanes) is 29. The van der Waals surface area contributed by atoms with Gasteiger partial charge in [-0.3, -0.25) is 0 Å². The van der Waals surface area contributed by atoms with Crippen molar-refractivity contribution >= 4 is 30.1 Å². The van der Waals surface area contributed by atoms with Gasteiger partial charge in [0, 0.05) is 5.88 Å². The van der Waals surface area contributed by atoms with Gasteiger partial charge < -0.3 is 0 Å². The van der Waals surface area contributed by atoms with E-state index in [1.54, 1.807) is 0 Å². The second-order valence-corrected chi connectivity index (χ2v) is 20.1. The van der Waals surface area contributed by atoms with Crippen molar-refractivity contribution in [2.24, 2.45) is 0 Å². The standard InChI is InChI=1S/C34H70Cl2Si/c1-37(2,36)34-32-30-28-26-24-22-20-18-16-14-12-10-8-6-4-3-5-7-9-11-13-15-17-19-21-23-25-27-29-31-33-35/h3-34H2,1-2H3. The second kappa shape index (κ2) is 31.3. The zero-order chi connectivity index (χ0) is 27.1. The molecule has 0 atom stereocenters. The molecule has 0 amide bonds. The fourth-order valence-corrected chi connectivity index (χ4v) is 7.27. The van der Waals surface area contributed by atoms with E-state index in [1.807, 2.05) is 0 Å². The topological polar surface area (TPSA) is 0 Å². The summed E-state index contributed by atoms with van der Waals surface area (Å²) in [5.74, 6) is 0.845. The molecule has 0 saturated heterocycles. The summed E-state index contributed by atoms with van der Waals surface area (Å²) in [5, 5.41) is 0. The Morgan fingerprint density at radius 3 is 0.622 bits per heavy atom. The molecule has 0 heterocycles. The van der Waals surface area contributed by atoms with Crippen LogP contribution in [0.1, 0.15) is 193 Å². The molecule has 0 nitrogen and oxygen atoms in total. The predicted molar refractivity (Wildman–Crippen MR) is 177 cm³/mol. The Hall–Kier alpha value is 0.797. The highest BCUT2D eigenvalue weighted by Gasteiger charge is 2.15. The van der Waals surface area contributed by atoms with Gasteiger partial charge in [0.15, 0.2) is 0 Å². The van der Waals surface area contributed by atoms with E-state index < -0.39 is 7.38 Å². The Bertz CT molecular complexity index is 407. The molecule has 0 fully saturated rings. The summed E-state index contributed by atoms with van der Waals surface area (Å²) >= 11 is 12.1. The summed E-state index contributed by atoms with van der Waals surface area (Å²) in [7, 11) is -1.31. The van der Waals surface area contributed by atoms with Crippen molar-refractivity contribution in [3.05, 3.63) is 0 Å². The van der Waals surface area contributed by atoms with Gasteiger partial charge in [0.1, 0.15) is 7.38 Å². The van der Waals surface area contributed by atoms with Crippen molar-refractivity contribution in [2.75, 3.05) is 5.88 Å². The molecule has 224 valence electrons. The molecule has 0 aromatic carbocycles. The fraction of sp³-hybridized carbons (Fsp3) is 1.00. The normalized spacial score (nSPS) is 12.0. The van der Waals surface area contributed by atoms with E-state index in [1.165, 1.54) is 199 Å². The maximum absolute atomic E-state index is 6.39. The molecule has 0 rings (SSSR count). The SMILES string of the molecule is C[Si](C)(Cl)CCCCCCCCCCCCCCCCCCCCCCCCCCCCCCCCCl. The number of hydrogen-bond acceptors (Lipinski definition) is 0. The van der Waals surface area contributed by atoms with Gasteiger partial charge in [-0.1, -0.05) is 199 Å². The van der Waals surface area contributed by atoms with Crippen LogP contribution in [0.3, 0.4) is 0 Å². The maximum atomic E-state index is 6.39. The van der Waals surface area contributed by atoms with E-state index in [0.717, 1.165) is 5.88 Å². The van der Waals surface area contributed by atoms with Crippen LogP contribution in [0.5, 0.6) is 0 Å². The summed E-state index contributed by atoms with van der Waals surface area (Å²) in [6.45, 7) is 4.55. The number of rotatable bonds is 32. The van der Waals surface area contributed by atoms with Gasteiger partial charge in [0.05, 0.1) is 0 Å². The van der Waals surface area contributed by atoms with E-state index in [2.05, 4.69) is 13.1 Å². The van der Waals surface area contributed by atoms with Gasteiger partial charge >= 0.3 is 0 Å². The fourth-order valence-electron chi connectivity index (χ4n) is 5.59. The molecule has 0 bridgehead atoms. The van der Waals surface area contributed by atoms with Crippen molar-refractivity contribution in [2.45, 2.75) is 212 Å². The quantitative estimate of drug-likeness (QED) is 0.0323. The van der Waals surface area contributed by atoms with Gasteiger partial charge in [0.25, 0.3) is 0 Å². The van der Waals surface area contributed by atoms with Gasteiger partial charge in [-0.2, -0.15) is 11.1 Å². The Morgan fingerprint density at radius 1 is 0.297 bits per heavy atom. The smallest absolute Gasteiger partial charge is 0.150 e. The van der Waals surface area contributed by atoms with Gasteiger partial charge in [-0.15, -0.1) is 11.6 Å². The Labute approximate surface area is 246 Å². The predicted octanol–water partition coefficient (Wildman–Crippen LogP) is 14.4. The average Bonchev–Trinajstić information content (AvgIpc) is 2.86. The maximum Gasteiger partial charge on any atom is 0.150 e. The molecule has 0 N–H and O–H groups in total. The lowest BCUT2D eigenvalue weighted by Crippen LogP contribution is -2.14. The summed E-state index contributed by atoms with van der Waals surface area (Å²) in [5.41, 5.74) is 0. The Morgan fingerprint density at radius 2 is 0.459 bits per heavy atom. The first-order valence-electron chi connectivity index (χ1n) is 17.3. The monoisotopic (exact) mass is 576 g/mol. The molecule has 0 saturated carbocycles. The first-order valence-corrected chi connectivity index (χ1v) is 22.1. The van der Waals surface area contributed by atoms with Crippen LogP contribution in [-0.2, 0) is 0 Å². The third-order valence-electron chi connectivity index (χ3n) is 8.15. The summed E-state index contributed by atoms with van der Waals surface area (Å²) < 4.78 is 0. The number of halogens is 2. The molecule has 0 unspecified atom stereocenters. The third-order valence-corrected chi connectivity index (χ3v) is 10.5. The average molecular weight is 578 g/mol. The third kappa shape index (κ3) is 36.8. The lowest BCUT2D eigenvalue weighted by Gasteiger charge is -2.11. The van der Waals surface area contributed by atoms with Crippen LogP contribution in [0, 0.1) is 0 Å². The number of alkyl halides is 1. The molecule has 0 radical (unpaired) electrons. The zero-order valence-corrected chi connectivity index (χ0v) is 28.4. The molecular formula is C34H70Cl2Si. The molecule has 0 aromatic rings. The first-order chi connectivity index (χ1) is 18.1. The van der Waals surface area contributed by atoms with E-state index in [-0.39, 0.29) is 0 Å². The van der Waals surface area contributed by atoms with E-state index in [4.69, 9.17) is 22.7 Å². The summed E-state index contributed by atoms with van der Waals surface area (Å²) in [6, 6.07) is 1.30. The van der Waals surface area contributed by atoms with Crippen LogP contribution < -0.4 is 0 Å². The van der Waals surface area contributed by atoms with Crippen molar-refractivity contribution in [1.29, 1.82) is 0 Å². The highest BCUT2D eigenvalue weighted by Crippen LogP contribution is 2.20. The number of hydrogen-bond donors (Lipinski definition) is 0. The van der Waals surface area contributed by atoms with Gasteiger partial charge in [0.2, 0.25) is 0 Å². The molecule has 0 aliphatic heterocycles. The minimum absolute atomic E-state index is 0.845. The van der Waals surface area contributed by atoms with Crippen LogP contribution in [0.25, 0.3) is 0 Å². The van der Waals surface area contributed by atoms with Crippen LogP contribution in [0.15, 0.2) is 0 Å². The van der Waals surface area contributed by atoms with Crippen LogP contribution in [-0.4, -0.2) is 13.3 Å². The van der Waals surface area contributed by atoms with Crippen molar-refractivity contribution in [3.63, 3.8) is 0 Å². The molecule has 0 spiro atoms. The lowest BCUT2D eigenvalue weighted by molar-refractivity contribution is 0.513. The van der Waals surface area contributed by atoms with Crippen molar-refractivity contribution in [1.82, 2.24) is 0 Å². The molecule has 0 aromatic heterocycles. The van der Waals surface area contributed by atoms with Crippen LogP contribution in [0.4, 0.5) is 0 Å². The highest BCUT2D eigenvalue weighted by molar-refractivity contribution is 7.19. The van der Waals surface area contributed by atoms with E-state index in [9.17, 15) is 0 Å². The second-order valence-electron chi connectivity index (χ2n) is 12.8. The van der Waals surface area contributed by atoms with Crippen LogP contribution >= 0.6 is 22.7 Å². The zero-order valence-electron chi connectivity index (χ0n) is 25.9. The first kappa shape index (κ1) is 37.8. The summed E-state index contributed by atoms with van der Waals surface area (Å²) in [4.78, 5) is 0. The largest absolute Gasteiger partial charge is 0.168 e. The molecular weight excluding hydrogens is 507 g/mol. The minimum atomic E-state index is -1.31. The lowest BCUT2D eigenvalue weighted by atomic mass is 10.0. The van der Waals surface area contributed by atoms with Crippen molar-refractivity contribution < 1.29 is 0 Å². The molecule has 3 heteroatoms. The van der Waals surface area contributed by atoms with Gasteiger partial charge in [-0.25, -0.2) is 0 Å². The van der Waals surface area contributed by atoms with Crippen LogP contribution in [0.2, 0.25) is 19.1 Å². The summed E-state index contributed by atoms with van der Waals surface area (Å²) in [6.07, 6.45) is 43.4. The minimum Gasteiger partial charge on any atom is -0.168 e. The van der Waals surface area contributed by atoms with E-state index >= 15 is 0 Å². The molecule has 0 aliphatic rings. The van der Waals surface area contributed by atoms with Crippen molar-refractivity contribution in [3.8, 4) is 0 Å². The Kier molecular flexibility index (Phi) is 32.0. The Balaban J connectivity index is 3.04. The van der Waals surface area contributed by atoms with E-state index in [0.29, 0.717) is 0 Å². The molecule has 0 aliphatic carbocycles. The molecule has 37 heavy (non-hydrogen) atoms.